The van der Waals surface area contributed by atoms with Crippen molar-refractivity contribution in [2.75, 3.05) is 5.73 Å². The van der Waals surface area contributed by atoms with Crippen LogP contribution >= 0.6 is 0 Å². The van der Waals surface area contributed by atoms with Gasteiger partial charge in [-0.2, -0.15) is 0 Å². The molecule has 0 aliphatic rings. The van der Waals surface area contributed by atoms with E-state index in [9.17, 15) is 0 Å². The van der Waals surface area contributed by atoms with Crippen LogP contribution in [0, 0.1) is 0 Å². The molecule has 1 aromatic heterocycles. The van der Waals surface area contributed by atoms with Crippen LogP contribution in [0.5, 0.6) is 0 Å². The molecule has 4 heteroatoms. The van der Waals surface area contributed by atoms with E-state index in [2.05, 4.69) is 9.97 Å². The topological polar surface area (TPSA) is 77.8 Å². The lowest BCUT2D eigenvalue weighted by Crippen LogP contribution is -2.29. The molecular weight excluding hydrogens is 140 g/mol. The number of hydrogen-bond acceptors (Lipinski definition) is 4. The minimum Gasteiger partial charge on any atom is -0.368 e. The summed E-state index contributed by atoms with van der Waals surface area (Å²) in [5.74, 6) is 0.276. The molecule has 0 aromatic carbocycles. The summed E-state index contributed by atoms with van der Waals surface area (Å²) in [6, 6.07) is 0. The number of hydrogen-bond donors (Lipinski definition) is 2. The maximum Gasteiger partial charge on any atom is 0.219 e. The Kier molecular flexibility index (Phi) is 1.78. The molecule has 4 N–H and O–H groups in total. The predicted octanol–water partition coefficient (Wildman–Crippen LogP) is 0.253. The van der Waals surface area contributed by atoms with Crippen LogP contribution in [0.1, 0.15) is 19.4 Å². The highest BCUT2D eigenvalue weighted by Gasteiger charge is 2.14. The number of nitrogen functional groups attached to an aromatic ring is 1. The maximum atomic E-state index is 5.79. The summed E-state index contributed by atoms with van der Waals surface area (Å²) in [6.07, 6.45) is 3.28. The zero-order chi connectivity index (χ0) is 8.48. The number of rotatable bonds is 1. The zero-order valence-electron chi connectivity index (χ0n) is 6.70. The van der Waals surface area contributed by atoms with Gasteiger partial charge in [-0.1, -0.05) is 0 Å². The molecule has 11 heavy (non-hydrogen) atoms. The van der Waals surface area contributed by atoms with Crippen LogP contribution < -0.4 is 11.5 Å². The minimum atomic E-state index is -0.395. The van der Waals surface area contributed by atoms with Crippen LogP contribution in [0.3, 0.4) is 0 Å². The molecule has 0 amide bonds. The molecule has 0 aliphatic heterocycles. The summed E-state index contributed by atoms with van der Waals surface area (Å²) in [6.45, 7) is 3.78. The van der Waals surface area contributed by atoms with Crippen molar-refractivity contribution in [3.63, 3.8) is 0 Å². The molecule has 0 saturated carbocycles. The quantitative estimate of drug-likeness (QED) is 0.604. The largest absolute Gasteiger partial charge is 0.368 e. The summed E-state index contributed by atoms with van der Waals surface area (Å²) >= 11 is 0. The summed E-state index contributed by atoms with van der Waals surface area (Å²) in [4.78, 5) is 7.66. The molecule has 1 heterocycles. The van der Waals surface area contributed by atoms with Gasteiger partial charge in [0.25, 0.3) is 0 Å². The molecular formula is C7H12N4. The molecule has 0 unspecified atom stereocenters. The van der Waals surface area contributed by atoms with Crippen molar-refractivity contribution in [3.05, 3.63) is 18.0 Å². The Balaban J connectivity index is 2.99. The fraction of sp³-hybridized carbons (Fsp3) is 0.429. The molecule has 0 fully saturated rings. The molecule has 0 bridgehead atoms. The second kappa shape index (κ2) is 2.47. The van der Waals surface area contributed by atoms with E-state index in [0.29, 0.717) is 0 Å². The second-order valence-corrected chi connectivity index (χ2v) is 3.05. The number of nitrogens with zero attached hydrogens (tertiary/aromatic N) is 2. The highest BCUT2D eigenvalue weighted by atomic mass is 15.0. The number of anilines is 1. The average molecular weight is 152 g/mol. The summed E-state index contributed by atoms with van der Waals surface area (Å²) in [5.41, 5.74) is 11.6. The first-order valence-corrected chi connectivity index (χ1v) is 3.37. The normalized spacial score (nSPS) is 11.5. The predicted molar refractivity (Wildman–Crippen MR) is 43.7 cm³/mol. The third-order valence-corrected chi connectivity index (χ3v) is 1.42. The first-order chi connectivity index (χ1) is 5.00. The van der Waals surface area contributed by atoms with Crippen molar-refractivity contribution in [2.45, 2.75) is 19.4 Å². The van der Waals surface area contributed by atoms with E-state index in [4.69, 9.17) is 11.5 Å². The lowest BCUT2D eigenvalue weighted by molar-refractivity contribution is 0.549. The van der Waals surface area contributed by atoms with Gasteiger partial charge in [-0.3, -0.25) is 0 Å². The van der Waals surface area contributed by atoms with Crippen LogP contribution in [0.2, 0.25) is 0 Å². The first-order valence-electron chi connectivity index (χ1n) is 3.37. The van der Waals surface area contributed by atoms with Crippen molar-refractivity contribution in [2.24, 2.45) is 5.73 Å². The molecule has 0 aliphatic carbocycles. The van der Waals surface area contributed by atoms with Crippen molar-refractivity contribution in [1.29, 1.82) is 0 Å². The highest BCUT2D eigenvalue weighted by Crippen LogP contribution is 2.13. The molecule has 1 aromatic rings. The van der Waals surface area contributed by atoms with Crippen molar-refractivity contribution in [3.8, 4) is 0 Å². The Bertz CT molecular complexity index is 234. The summed E-state index contributed by atoms with van der Waals surface area (Å²) in [7, 11) is 0. The third kappa shape index (κ3) is 1.88. The van der Waals surface area contributed by atoms with Crippen LogP contribution in [-0.2, 0) is 5.54 Å². The lowest BCUT2D eigenvalue weighted by atomic mass is 9.99. The number of nitrogens with two attached hydrogens (primary N) is 2. The Hall–Kier alpha value is -1.16. The van der Waals surface area contributed by atoms with E-state index >= 15 is 0 Å². The highest BCUT2D eigenvalue weighted by molar-refractivity contribution is 5.21. The molecule has 0 spiro atoms. The maximum absolute atomic E-state index is 5.79. The Morgan fingerprint density at radius 1 is 1.27 bits per heavy atom. The zero-order valence-corrected chi connectivity index (χ0v) is 6.70. The van der Waals surface area contributed by atoms with Gasteiger partial charge in [0.15, 0.2) is 0 Å². The van der Waals surface area contributed by atoms with Crippen molar-refractivity contribution in [1.82, 2.24) is 9.97 Å². The average Bonchev–Trinajstić information content (AvgIpc) is 1.86. The van der Waals surface area contributed by atoms with Gasteiger partial charge in [-0.05, 0) is 13.8 Å². The Labute approximate surface area is 65.6 Å². The van der Waals surface area contributed by atoms with E-state index in [1.165, 1.54) is 0 Å². The molecule has 1 rings (SSSR count). The molecule has 4 nitrogen and oxygen atoms in total. The second-order valence-electron chi connectivity index (χ2n) is 3.05. The fourth-order valence-electron chi connectivity index (χ4n) is 0.671. The van der Waals surface area contributed by atoms with Crippen LogP contribution in [0.4, 0.5) is 5.95 Å². The first kappa shape index (κ1) is 7.94. The lowest BCUT2D eigenvalue weighted by Gasteiger charge is -2.17. The van der Waals surface area contributed by atoms with Gasteiger partial charge in [-0.25, -0.2) is 9.97 Å². The molecule has 60 valence electrons. The summed E-state index contributed by atoms with van der Waals surface area (Å²) < 4.78 is 0. The van der Waals surface area contributed by atoms with E-state index in [1.54, 1.807) is 12.4 Å². The number of aromatic nitrogens is 2. The minimum absolute atomic E-state index is 0.276. The van der Waals surface area contributed by atoms with Crippen LogP contribution in [0.25, 0.3) is 0 Å². The summed E-state index contributed by atoms with van der Waals surface area (Å²) in [5, 5.41) is 0. The third-order valence-electron chi connectivity index (χ3n) is 1.42. The van der Waals surface area contributed by atoms with Crippen molar-refractivity contribution < 1.29 is 0 Å². The van der Waals surface area contributed by atoms with E-state index in [0.717, 1.165) is 5.56 Å². The smallest absolute Gasteiger partial charge is 0.219 e. The Morgan fingerprint density at radius 2 is 1.73 bits per heavy atom. The van der Waals surface area contributed by atoms with E-state index in [1.807, 2.05) is 13.8 Å². The van der Waals surface area contributed by atoms with Crippen LogP contribution in [0.15, 0.2) is 12.4 Å². The van der Waals surface area contributed by atoms with E-state index < -0.39 is 5.54 Å². The SMILES string of the molecule is CC(C)(N)c1cnc(N)nc1. The Morgan fingerprint density at radius 3 is 2.09 bits per heavy atom. The van der Waals surface area contributed by atoms with Gasteiger partial charge in [0, 0.05) is 23.5 Å². The van der Waals surface area contributed by atoms with Gasteiger partial charge in [0.05, 0.1) is 0 Å². The molecule has 0 atom stereocenters. The van der Waals surface area contributed by atoms with Crippen molar-refractivity contribution >= 4 is 5.95 Å². The van der Waals surface area contributed by atoms with Gasteiger partial charge in [0.1, 0.15) is 0 Å². The molecule has 0 radical (unpaired) electrons. The standard InChI is InChI=1S/C7H12N4/c1-7(2,9)5-3-10-6(8)11-4-5/h3-4H,9H2,1-2H3,(H2,8,10,11). The van der Waals surface area contributed by atoms with Gasteiger partial charge < -0.3 is 11.5 Å². The molecule has 0 saturated heterocycles. The van der Waals surface area contributed by atoms with Gasteiger partial charge in [0.2, 0.25) is 5.95 Å². The van der Waals surface area contributed by atoms with Gasteiger partial charge >= 0.3 is 0 Å². The van der Waals surface area contributed by atoms with E-state index in [-0.39, 0.29) is 5.95 Å². The fourth-order valence-corrected chi connectivity index (χ4v) is 0.671. The van der Waals surface area contributed by atoms with Crippen LogP contribution in [-0.4, -0.2) is 9.97 Å². The monoisotopic (exact) mass is 152 g/mol. The van der Waals surface area contributed by atoms with Gasteiger partial charge in [-0.15, -0.1) is 0 Å².